The number of hydrogen-bond acceptors (Lipinski definition) is 0. The zero-order valence-electron chi connectivity index (χ0n) is 14.1. The van der Waals surface area contributed by atoms with Crippen molar-refractivity contribution in [2.75, 3.05) is 0 Å². The highest BCUT2D eigenvalue weighted by Gasteiger charge is 2.46. The highest BCUT2D eigenvalue weighted by molar-refractivity contribution is 5.25. The van der Waals surface area contributed by atoms with Crippen molar-refractivity contribution in [1.29, 1.82) is 0 Å². The summed E-state index contributed by atoms with van der Waals surface area (Å²) in [7, 11) is 0. The van der Waals surface area contributed by atoms with E-state index in [9.17, 15) is 0 Å². The van der Waals surface area contributed by atoms with Crippen LogP contribution in [0.25, 0.3) is 0 Å². The zero-order valence-corrected chi connectivity index (χ0v) is 14.1. The fraction of sp³-hybridized carbons (Fsp3) is 0.800. The molecule has 0 aliphatic heterocycles. The van der Waals surface area contributed by atoms with Crippen LogP contribution in [-0.4, -0.2) is 0 Å². The van der Waals surface area contributed by atoms with Crippen LogP contribution < -0.4 is 0 Å². The Labute approximate surface area is 126 Å². The lowest BCUT2D eigenvalue weighted by molar-refractivity contribution is 0.0714. The average Bonchev–Trinajstić information content (AvgIpc) is 2.39. The van der Waals surface area contributed by atoms with Crippen LogP contribution in [0.3, 0.4) is 0 Å². The van der Waals surface area contributed by atoms with Crippen LogP contribution in [0.2, 0.25) is 0 Å². The lowest BCUT2D eigenvalue weighted by Gasteiger charge is -2.47. The Bertz CT molecular complexity index is 462. The van der Waals surface area contributed by atoms with Crippen LogP contribution in [0.4, 0.5) is 0 Å². The van der Waals surface area contributed by atoms with Crippen molar-refractivity contribution in [3.8, 4) is 23.7 Å². The molecular weight excluding hydrogens is 240 g/mol. The summed E-state index contributed by atoms with van der Waals surface area (Å²) in [6, 6.07) is 0. The highest BCUT2D eigenvalue weighted by Crippen LogP contribution is 2.50. The first-order chi connectivity index (χ1) is 9.36. The van der Waals surface area contributed by atoms with Crippen LogP contribution in [0.15, 0.2) is 0 Å². The third kappa shape index (κ3) is 2.76. The van der Waals surface area contributed by atoms with Crippen molar-refractivity contribution in [2.24, 2.45) is 40.9 Å². The first-order valence-electron chi connectivity index (χ1n) is 8.40. The molecule has 20 heavy (non-hydrogen) atoms. The molecule has 110 valence electrons. The van der Waals surface area contributed by atoms with Gasteiger partial charge >= 0.3 is 0 Å². The topological polar surface area (TPSA) is 0 Å². The fourth-order valence-electron chi connectivity index (χ4n) is 4.07. The summed E-state index contributed by atoms with van der Waals surface area (Å²) < 4.78 is 0. The SMILES string of the molecule is CC1C#CC(C(C)C)(C2CC(C)C#CC2C(C)C)CC1. The highest BCUT2D eigenvalue weighted by atomic mass is 14.5. The second kappa shape index (κ2) is 5.85. The van der Waals surface area contributed by atoms with Gasteiger partial charge in [0.25, 0.3) is 0 Å². The van der Waals surface area contributed by atoms with E-state index in [1.165, 1.54) is 19.3 Å². The lowest BCUT2D eigenvalue weighted by Crippen LogP contribution is -2.43. The summed E-state index contributed by atoms with van der Waals surface area (Å²) in [4.78, 5) is 0. The summed E-state index contributed by atoms with van der Waals surface area (Å²) in [5, 5.41) is 0. The molecule has 0 heterocycles. The van der Waals surface area contributed by atoms with Crippen molar-refractivity contribution in [2.45, 2.75) is 60.8 Å². The minimum absolute atomic E-state index is 0.199. The van der Waals surface area contributed by atoms with Gasteiger partial charge in [-0.2, -0.15) is 0 Å². The van der Waals surface area contributed by atoms with E-state index < -0.39 is 0 Å². The summed E-state index contributed by atoms with van der Waals surface area (Å²) in [6.07, 6.45) is 3.76. The van der Waals surface area contributed by atoms with Crippen molar-refractivity contribution in [3.05, 3.63) is 0 Å². The average molecular weight is 270 g/mol. The molecule has 0 saturated heterocycles. The van der Waals surface area contributed by atoms with Crippen molar-refractivity contribution in [1.82, 2.24) is 0 Å². The van der Waals surface area contributed by atoms with Gasteiger partial charge in [-0.05, 0) is 37.0 Å². The van der Waals surface area contributed by atoms with Gasteiger partial charge in [0, 0.05) is 23.2 Å². The molecule has 0 N–H and O–H groups in total. The minimum Gasteiger partial charge on any atom is -0.0999 e. The Kier molecular flexibility index (Phi) is 4.54. The maximum Gasteiger partial charge on any atom is 0.0378 e. The van der Waals surface area contributed by atoms with Gasteiger partial charge < -0.3 is 0 Å². The van der Waals surface area contributed by atoms with Gasteiger partial charge in [0.05, 0.1) is 0 Å². The zero-order chi connectivity index (χ0) is 14.9. The molecule has 0 bridgehead atoms. The third-order valence-electron chi connectivity index (χ3n) is 5.49. The molecule has 0 radical (unpaired) electrons. The van der Waals surface area contributed by atoms with Gasteiger partial charge in [0.2, 0.25) is 0 Å². The second-order valence-corrected chi connectivity index (χ2v) is 7.71. The molecule has 5 atom stereocenters. The standard InChI is InChI=1S/C20H30/c1-14(2)18-8-7-17(6)13-19(18)20(15(3)4)11-9-16(5)10-12-20/h14-19H,9,11,13H2,1-6H3. The molecule has 5 unspecified atom stereocenters. The third-order valence-corrected chi connectivity index (χ3v) is 5.49. The van der Waals surface area contributed by atoms with Crippen LogP contribution in [0, 0.1) is 64.6 Å². The van der Waals surface area contributed by atoms with Crippen LogP contribution >= 0.6 is 0 Å². The predicted molar refractivity (Wildman–Crippen MR) is 86.8 cm³/mol. The maximum absolute atomic E-state index is 3.74. The van der Waals surface area contributed by atoms with Crippen LogP contribution in [-0.2, 0) is 0 Å². The van der Waals surface area contributed by atoms with E-state index in [0.717, 1.165) is 0 Å². The molecule has 0 fully saturated rings. The van der Waals surface area contributed by atoms with E-state index in [1.54, 1.807) is 0 Å². The summed E-state index contributed by atoms with van der Waals surface area (Å²) in [6.45, 7) is 13.9. The minimum atomic E-state index is 0.199. The van der Waals surface area contributed by atoms with Gasteiger partial charge in [-0.25, -0.2) is 0 Å². The molecule has 0 heteroatoms. The Morgan fingerprint density at radius 1 is 0.950 bits per heavy atom. The molecule has 2 rings (SSSR count). The van der Waals surface area contributed by atoms with Crippen molar-refractivity contribution in [3.63, 3.8) is 0 Å². The predicted octanol–water partition coefficient (Wildman–Crippen LogP) is 4.99. The van der Waals surface area contributed by atoms with Gasteiger partial charge in [0.1, 0.15) is 0 Å². The van der Waals surface area contributed by atoms with Gasteiger partial charge in [-0.1, -0.05) is 65.2 Å². The van der Waals surface area contributed by atoms with E-state index >= 15 is 0 Å². The molecule has 0 aromatic rings. The molecule has 0 aromatic carbocycles. The first-order valence-corrected chi connectivity index (χ1v) is 8.40. The molecular formula is C20H30. The van der Waals surface area contributed by atoms with E-state index in [0.29, 0.717) is 35.5 Å². The first kappa shape index (κ1) is 15.5. The Hall–Kier alpha value is -0.880. The Morgan fingerprint density at radius 2 is 1.65 bits per heavy atom. The summed E-state index contributed by atoms with van der Waals surface area (Å²) in [5.41, 5.74) is 0.199. The van der Waals surface area contributed by atoms with E-state index in [2.05, 4.69) is 65.2 Å². The molecule has 2 aliphatic carbocycles. The molecule has 0 amide bonds. The monoisotopic (exact) mass is 270 g/mol. The lowest BCUT2D eigenvalue weighted by atomic mass is 9.55. The fourth-order valence-corrected chi connectivity index (χ4v) is 4.07. The maximum atomic E-state index is 3.74. The summed E-state index contributed by atoms with van der Waals surface area (Å²) >= 11 is 0. The summed E-state index contributed by atoms with van der Waals surface area (Å²) in [5.74, 6) is 17.9. The van der Waals surface area contributed by atoms with E-state index in [4.69, 9.17) is 0 Å². The van der Waals surface area contributed by atoms with E-state index in [1.807, 2.05) is 0 Å². The normalized spacial score (nSPS) is 40.0. The number of rotatable bonds is 3. The second-order valence-electron chi connectivity index (χ2n) is 7.71. The largest absolute Gasteiger partial charge is 0.0999 e. The van der Waals surface area contributed by atoms with Crippen LogP contribution in [0.5, 0.6) is 0 Å². The van der Waals surface area contributed by atoms with Gasteiger partial charge in [0.15, 0.2) is 0 Å². The molecule has 2 aliphatic rings. The van der Waals surface area contributed by atoms with Gasteiger partial charge in [-0.15, -0.1) is 0 Å². The van der Waals surface area contributed by atoms with E-state index in [-0.39, 0.29) is 5.41 Å². The molecule has 0 saturated carbocycles. The smallest absolute Gasteiger partial charge is 0.0378 e. The quantitative estimate of drug-likeness (QED) is 0.634. The number of hydrogen-bond donors (Lipinski definition) is 0. The van der Waals surface area contributed by atoms with Crippen LogP contribution in [0.1, 0.15) is 60.8 Å². The molecule has 0 spiro atoms. The molecule has 0 aromatic heterocycles. The van der Waals surface area contributed by atoms with Gasteiger partial charge in [-0.3, -0.25) is 0 Å². The Morgan fingerprint density at radius 3 is 2.15 bits per heavy atom. The molecule has 0 nitrogen and oxygen atoms in total. The Balaban J connectivity index is 2.41. The van der Waals surface area contributed by atoms with Crippen molar-refractivity contribution < 1.29 is 0 Å². The van der Waals surface area contributed by atoms with Crippen molar-refractivity contribution >= 4 is 0 Å².